The van der Waals surface area contributed by atoms with Crippen molar-refractivity contribution < 1.29 is 0 Å². The lowest BCUT2D eigenvalue weighted by Crippen LogP contribution is -2.28. The topological polar surface area (TPSA) is 50.5 Å². The Morgan fingerprint density at radius 3 is 3.05 bits per heavy atom. The van der Waals surface area contributed by atoms with E-state index in [1.165, 1.54) is 33.2 Å². The summed E-state index contributed by atoms with van der Waals surface area (Å²) in [6.07, 6.45) is 1.05. The first-order valence-corrected chi connectivity index (χ1v) is 8.14. The summed E-state index contributed by atoms with van der Waals surface area (Å²) in [5.74, 6) is 0. The highest BCUT2D eigenvalue weighted by atomic mass is 32.1. The van der Waals surface area contributed by atoms with Gasteiger partial charge in [0.15, 0.2) is 0 Å². The quantitative estimate of drug-likeness (QED) is 0.729. The molecular weight excluding hydrogens is 296 g/mol. The number of aryl methyl sites for hydroxylation is 1. The Morgan fingerprint density at radius 2 is 2.18 bits per heavy atom. The van der Waals surface area contributed by atoms with E-state index in [2.05, 4.69) is 46.2 Å². The molecule has 3 heterocycles. The van der Waals surface area contributed by atoms with Crippen molar-refractivity contribution in [2.75, 3.05) is 4.90 Å². The number of rotatable bonds is 2. The maximum Gasteiger partial charge on any atom is 0.275 e. The molecule has 1 aliphatic heterocycles. The molecule has 1 aliphatic rings. The summed E-state index contributed by atoms with van der Waals surface area (Å²) in [6, 6.07) is 10.4. The summed E-state index contributed by atoms with van der Waals surface area (Å²) in [6.45, 7) is 4.77. The Labute approximate surface area is 131 Å². The summed E-state index contributed by atoms with van der Waals surface area (Å²) < 4.78 is 1.40. The molecule has 0 fully saturated rings. The molecule has 0 saturated carbocycles. The number of para-hydroxylation sites is 1. The number of anilines is 1. The third kappa shape index (κ3) is 2.11. The van der Waals surface area contributed by atoms with Crippen molar-refractivity contribution in [3.63, 3.8) is 0 Å². The van der Waals surface area contributed by atoms with Gasteiger partial charge < -0.3 is 4.90 Å². The predicted molar refractivity (Wildman–Crippen MR) is 87.7 cm³/mol. The molecule has 1 aromatic carbocycles. The maximum absolute atomic E-state index is 12.0. The van der Waals surface area contributed by atoms with Crippen LogP contribution in [0.25, 0.3) is 4.96 Å². The number of hydrogen-bond donors (Lipinski definition) is 0. The number of aromatic nitrogens is 3. The van der Waals surface area contributed by atoms with Crippen molar-refractivity contribution in [1.82, 2.24) is 14.6 Å². The van der Waals surface area contributed by atoms with Crippen molar-refractivity contribution in [2.45, 2.75) is 32.9 Å². The summed E-state index contributed by atoms with van der Waals surface area (Å²) >= 11 is 1.49. The zero-order valence-corrected chi connectivity index (χ0v) is 13.3. The summed E-state index contributed by atoms with van der Waals surface area (Å²) in [4.78, 5) is 19.4. The molecular formula is C16H16N4OS. The summed E-state index contributed by atoms with van der Waals surface area (Å²) in [5, 5.41) is 5.36. The standard InChI is InChI=1S/C16H16N4OS/c1-10-7-15(21)20-16(17-10)22-14(18-20)9-19-11(2)8-12-5-3-4-6-13(12)19/h3-7,11H,8-9H2,1-2H3/t11-/m1/s1. The molecule has 0 radical (unpaired) electrons. The van der Waals surface area contributed by atoms with E-state index in [1.807, 2.05) is 6.92 Å². The first kappa shape index (κ1) is 13.5. The third-order valence-corrected chi connectivity index (χ3v) is 4.96. The highest BCUT2D eigenvalue weighted by Crippen LogP contribution is 2.33. The molecule has 0 unspecified atom stereocenters. The number of benzene rings is 1. The molecule has 0 saturated heterocycles. The van der Waals surface area contributed by atoms with Gasteiger partial charge in [0.2, 0.25) is 4.96 Å². The molecule has 0 aliphatic carbocycles. The van der Waals surface area contributed by atoms with Crippen molar-refractivity contribution in [1.29, 1.82) is 0 Å². The molecule has 2 aromatic heterocycles. The largest absolute Gasteiger partial charge is 0.361 e. The Bertz CT molecular complexity index is 914. The molecule has 6 heteroatoms. The zero-order valence-electron chi connectivity index (χ0n) is 12.5. The Morgan fingerprint density at radius 1 is 1.36 bits per heavy atom. The van der Waals surface area contributed by atoms with Gasteiger partial charge in [-0.15, -0.1) is 0 Å². The van der Waals surface area contributed by atoms with Gasteiger partial charge in [0.1, 0.15) is 5.01 Å². The van der Waals surface area contributed by atoms with E-state index in [0.717, 1.165) is 17.1 Å². The van der Waals surface area contributed by atoms with Gasteiger partial charge in [0, 0.05) is 23.5 Å². The molecule has 112 valence electrons. The van der Waals surface area contributed by atoms with Gasteiger partial charge in [-0.25, -0.2) is 4.98 Å². The van der Waals surface area contributed by atoms with Crippen molar-refractivity contribution in [3.05, 3.63) is 57.0 Å². The fourth-order valence-electron chi connectivity index (χ4n) is 3.04. The number of fused-ring (bicyclic) bond motifs is 2. The van der Waals surface area contributed by atoms with Gasteiger partial charge in [-0.05, 0) is 31.9 Å². The zero-order chi connectivity index (χ0) is 15.3. The lowest BCUT2D eigenvalue weighted by atomic mass is 10.1. The molecule has 0 bridgehead atoms. The second-order valence-electron chi connectivity index (χ2n) is 5.74. The van der Waals surface area contributed by atoms with Crippen molar-refractivity contribution >= 4 is 22.0 Å². The molecule has 4 rings (SSSR count). The number of nitrogens with zero attached hydrogens (tertiary/aromatic N) is 4. The van der Waals surface area contributed by atoms with Crippen LogP contribution in [-0.2, 0) is 13.0 Å². The Hall–Kier alpha value is -2.21. The second-order valence-corrected chi connectivity index (χ2v) is 6.78. The fourth-order valence-corrected chi connectivity index (χ4v) is 3.98. The molecule has 5 nitrogen and oxygen atoms in total. The third-order valence-electron chi connectivity index (χ3n) is 4.07. The van der Waals surface area contributed by atoms with Gasteiger partial charge in [-0.2, -0.15) is 9.61 Å². The molecule has 3 aromatic rings. The Kier molecular flexibility index (Phi) is 3.00. The lowest BCUT2D eigenvalue weighted by molar-refractivity contribution is 0.664. The van der Waals surface area contributed by atoms with Crippen molar-refractivity contribution in [3.8, 4) is 0 Å². The van der Waals surface area contributed by atoms with E-state index in [1.54, 1.807) is 0 Å². The normalized spacial score (nSPS) is 17.2. The summed E-state index contributed by atoms with van der Waals surface area (Å²) in [5.41, 5.74) is 3.27. The van der Waals surface area contributed by atoms with Crippen LogP contribution in [-0.4, -0.2) is 20.6 Å². The predicted octanol–water partition coefficient (Wildman–Crippen LogP) is 2.41. The van der Waals surface area contributed by atoms with Gasteiger partial charge in [0.05, 0.1) is 6.54 Å². The average molecular weight is 312 g/mol. The second kappa shape index (κ2) is 4.91. The fraction of sp³-hybridized carbons (Fsp3) is 0.312. The van der Waals surface area contributed by atoms with Gasteiger partial charge in [-0.1, -0.05) is 29.5 Å². The van der Waals surface area contributed by atoms with E-state index in [0.29, 0.717) is 17.5 Å². The highest BCUT2D eigenvalue weighted by molar-refractivity contribution is 7.16. The summed E-state index contributed by atoms with van der Waals surface area (Å²) in [7, 11) is 0. The van der Waals surface area contributed by atoms with E-state index < -0.39 is 0 Å². The van der Waals surface area contributed by atoms with Crippen LogP contribution < -0.4 is 10.5 Å². The lowest BCUT2D eigenvalue weighted by Gasteiger charge is -2.23. The highest BCUT2D eigenvalue weighted by Gasteiger charge is 2.26. The minimum Gasteiger partial charge on any atom is -0.361 e. The van der Waals surface area contributed by atoms with Crippen LogP contribution in [0, 0.1) is 6.92 Å². The molecule has 0 spiro atoms. The Balaban J connectivity index is 1.72. The number of hydrogen-bond acceptors (Lipinski definition) is 5. The molecule has 22 heavy (non-hydrogen) atoms. The van der Waals surface area contributed by atoms with E-state index in [4.69, 9.17) is 0 Å². The van der Waals surface area contributed by atoms with Crippen LogP contribution in [0.3, 0.4) is 0 Å². The average Bonchev–Trinajstić information content (AvgIpc) is 3.01. The monoisotopic (exact) mass is 312 g/mol. The maximum atomic E-state index is 12.0. The smallest absolute Gasteiger partial charge is 0.275 e. The first-order valence-electron chi connectivity index (χ1n) is 7.33. The van der Waals surface area contributed by atoms with Gasteiger partial charge >= 0.3 is 0 Å². The van der Waals surface area contributed by atoms with Crippen LogP contribution in [0.1, 0.15) is 23.2 Å². The van der Waals surface area contributed by atoms with E-state index in [-0.39, 0.29) is 5.56 Å². The van der Waals surface area contributed by atoms with Gasteiger partial charge in [-0.3, -0.25) is 4.79 Å². The van der Waals surface area contributed by atoms with Crippen LogP contribution >= 0.6 is 11.3 Å². The minimum absolute atomic E-state index is 0.111. The molecule has 0 amide bonds. The molecule has 0 N–H and O–H groups in total. The van der Waals surface area contributed by atoms with Crippen LogP contribution in [0.2, 0.25) is 0 Å². The van der Waals surface area contributed by atoms with Crippen LogP contribution in [0.5, 0.6) is 0 Å². The first-order chi connectivity index (χ1) is 10.6. The van der Waals surface area contributed by atoms with Crippen LogP contribution in [0.4, 0.5) is 5.69 Å². The van der Waals surface area contributed by atoms with E-state index in [9.17, 15) is 4.79 Å². The van der Waals surface area contributed by atoms with E-state index >= 15 is 0 Å². The minimum atomic E-state index is -0.111. The van der Waals surface area contributed by atoms with Crippen molar-refractivity contribution in [2.24, 2.45) is 0 Å². The van der Waals surface area contributed by atoms with Gasteiger partial charge in [0.25, 0.3) is 5.56 Å². The molecule has 1 atom stereocenters. The van der Waals surface area contributed by atoms with Crippen LogP contribution in [0.15, 0.2) is 35.1 Å². The SMILES string of the molecule is Cc1cc(=O)n2nc(CN3c4ccccc4C[C@H]3C)sc2n1.